The van der Waals surface area contributed by atoms with E-state index >= 15 is 0 Å². The van der Waals surface area contributed by atoms with E-state index in [1.54, 1.807) is 0 Å². The number of para-hydroxylation sites is 2. The molecule has 2 nitrogen and oxygen atoms in total. The molecular weight excluding hydrogens is 256 g/mol. The molecule has 1 atom stereocenters. The van der Waals surface area contributed by atoms with Gasteiger partial charge >= 0.3 is 0 Å². The molecule has 112 valence electrons. The summed E-state index contributed by atoms with van der Waals surface area (Å²) >= 11 is 0. The van der Waals surface area contributed by atoms with Crippen LogP contribution in [0.3, 0.4) is 0 Å². The van der Waals surface area contributed by atoms with Gasteiger partial charge in [0.1, 0.15) is 0 Å². The molecule has 2 aromatic carbocycles. The minimum atomic E-state index is 0.401. The Morgan fingerprint density at radius 3 is 2.19 bits per heavy atom. The van der Waals surface area contributed by atoms with Crippen LogP contribution in [0.25, 0.3) is 0 Å². The average molecular weight is 282 g/mol. The van der Waals surface area contributed by atoms with Gasteiger partial charge in [-0.2, -0.15) is 0 Å². The summed E-state index contributed by atoms with van der Waals surface area (Å²) in [5.74, 6) is 0. The zero-order valence-electron chi connectivity index (χ0n) is 13.6. The van der Waals surface area contributed by atoms with Gasteiger partial charge in [-0.1, -0.05) is 50.2 Å². The van der Waals surface area contributed by atoms with Crippen LogP contribution in [-0.4, -0.2) is 13.6 Å². The van der Waals surface area contributed by atoms with Gasteiger partial charge in [-0.05, 0) is 43.1 Å². The number of hydrogen-bond donors (Lipinski definition) is 1. The van der Waals surface area contributed by atoms with Gasteiger partial charge in [0.15, 0.2) is 0 Å². The van der Waals surface area contributed by atoms with Crippen molar-refractivity contribution in [2.75, 3.05) is 18.5 Å². The lowest BCUT2D eigenvalue weighted by Gasteiger charge is -2.27. The first-order valence-corrected chi connectivity index (χ1v) is 7.80. The van der Waals surface area contributed by atoms with Crippen molar-refractivity contribution in [1.82, 2.24) is 5.32 Å². The summed E-state index contributed by atoms with van der Waals surface area (Å²) in [5.41, 5.74) is 5.20. The van der Waals surface area contributed by atoms with E-state index in [4.69, 9.17) is 0 Å². The third kappa shape index (κ3) is 3.45. The summed E-state index contributed by atoms with van der Waals surface area (Å²) in [5, 5.41) is 3.58. The predicted octanol–water partition coefficient (Wildman–Crippen LogP) is 4.82. The van der Waals surface area contributed by atoms with Crippen LogP contribution in [-0.2, 0) is 0 Å². The van der Waals surface area contributed by atoms with E-state index in [9.17, 15) is 0 Å². The van der Waals surface area contributed by atoms with Gasteiger partial charge in [0.25, 0.3) is 0 Å². The first kappa shape index (κ1) is 15.6. The topological polar surface area (TPSA) is 15.3 Å². The van der Waals surface area contributed by atoms with Crippen molar-refractivity contribution < 1.29 is 0 Å². The van der Waals surface area contributed by atoms with E-state index in [1.807, 2.05) is 0 Å². The quantitative estimate of drug-likeness (QED) is 0.817. The Kier molecular flexibility index (Phi) is 5.40. The van der Waals surface area contributed by atoms with Crippen LogP contribution < -0.4 is 10.2 Å². The Morgan fingerprint density at radius 2 is 1.57 bits per heavy atom. The molecule has 0 aromatic heterocycles. The highest BCUT2D eigenvalue weighted by atomic mass is 15.1. The fraction of sp³-hybridized carbons (Fsp3) is 0.368. The van der Waals surface area contributed by atoms with Crippen LogP contribution in [0.2, 0.25) is 0 Å². The summed E-state index contributed by atoms with van der Waals surface area (Å²) in [6, 6.07) is 17.6. The molecule has 0 bridgehead atoms. The number of rotatable bonds is 6. The fourth-order valence-electron chi connectivity index (χ4n) is 2.88. The highest BCUT2D eigenvalue weighted by molar-refractivity contribution is 5.68. The minimum Gasteiger partial charge on any atom is -0.344 e. The molecule has 0 heterocycles. The third-order valence-electron chi connectivity index (χ3n) is 4.01. The third-order valence-corrected chi connectivity index (χ3v) is 4.01. The number of nitrogens with one attached hydrogen (secondary N) is 1. The zero-order valence-corrected chi connectivity index (χ0v) is 13.6. The van der Waals surface area contributed by atoms with Crippen LogP contribution in [0.5, 0.6) is 0 Å². The molecule has 0 aliphatic heterocycles. The van der Waals surface area contributed by atoms with Crippen molar-refractivity contribution in [3.8, 4) is 0 Å². The summed E-state index contributed by atoms with van der Waals surface area (Å²) in [7, 11) is 2.15. The molecule has 2 heteroatoms. The Balaban J connectivity index is 2.42. The Labute approximate surface area is 128 Å². The van der Waals surface area contributed by atoms with Gasteiger partial charge in [0.2, 0.25) is 0 Å². The maximum Gasteiger partial charge on any atom is 0.0456 e. The molecule has 0 aliphatic carbocycles. The standard InChI is InChI=1S/C19H26N2/c1-5-17(20-6-2)16-12-8-10-14-19(16)21(4)18-13-9-7-11-15(18)3/h7-14,17,20H,5-6H2,1-4H3. The lowest BCUT2D eigenvalue weighted by atomic mass is 10.0. The largest absolute Gasteiger partial charge is 0.344 e. The predicted molar refractivity (Wildman–Crippen MR) is 92.4 cm³/mol. The second-order valence-electron chi connectivity index (χ2n) is 5.42. The maximum atomic E-state index is 3.58. The first-order valence-electron chi connectivity index (χ1n) is 7.80. The smallest absolute Gasteiger partial charge is 0.0456 e. The Hall–Kier alpha value is -1.80. The second-order valence-corrected chi connectivity index (χ2v) is 5.42. The number of hydrogen-bond acceptors (Lipinski definition) is 2. The van der Waals surface area contributed by atoms with Crippen LogP contribution in [0.1, 0.15) is 37.4 Å². The molecule has 0 saturated carbocycles. The zero-order chi connectivity index (χ0) is 15.2. The summed E-state index contributed by atoms with van der Waals surface area (Å²) in [6.07, 6.45) is 1.09. The number of aryl methyl sites for hydroxylation is 1. The van der Waals surface area contributed by atoms with Gasteiger partial charge in [0, 0.05) is 24.5 Å². The Morgan fingerprint density at radius 1 is 0.952 bits per heavy atom. The van der Waals surface area contributed by atoms with E-state index in [1.165, 1.54) is 22.5 Å². The fourth-order valence-corrected chi connectivity index (χ4v) is 2.88. The lowest BCUT2D eigenvalue weighted by Crippen LogP contribution is -2.23. The van der Waals surface area contributed by atoms with Crippen molar-refractivity contribution in [2.45, 2.75) is 33.2 Å². The molecule has 1 unspecified atom stereocenters. The normalized spacial score (nSPS) is 12.2. The van der Waals surface area contributed by atoms with E-state index in [-0.39, 0.29) is 0 Å². The number of anilines is 2. The van der Waals surface area contributed by atoms with E-state index < -0.39 is 0 Å². The van der Waals surface area contributed by atoms with Gasteiger partial charge in [0.05, 0.1) is 0 Å². The SMILES string of the molecule is CCNC(CC)c1ccccc1N(C)c1ccccc1C. The van der Waals surface area contributed by atoms with Gasteiger partial charge < -0.3 is 10.2 Å². The minimum absolute atomic E-state index is 0.401. The van der Waals surface area contributed by atoms with Gasteiger partial charge in [-0.25, -0.2) is 0 Å². The molecule has 2 aromatic rings. The monoisotopic (exact) mass is 282 g/mol. The molecule has 0 fully saturated rings. The molecule has 0 saturated heterocycles. The molecule has 2 rings (SSSR count). The Bertz CT molecular complexity index is 577. The summed E-state index contributed by atoms with van der Waals surface area (Å²) in [4.78, 5) is 2.30. The highest BCUT2D eigenvalue weighted by Crippen LogP contribution is 2.33. The van der Waals surface area contributed by atoms with Gasteiger partial charge in [-0.3, -0.25) is 0 Å². The second kappa shape index (κ2) is 7.28. The molecular formula is C19H26N2. The van der Waals surface area contributed by atoms with Crippen LogP contribution in [0.4, 0.5) is 11.4 Å². The molecule has 0 amide bonds. The van der Waals surface area contributed by atoms with E-state index in [0.29, 0.717) is 6.04 Å². The molecule has 0 radical (unpaired) electrons. The van der Waals surface area contributed by atoms with Crippen LogP contribution in [0, 0.1) is 6.92 Å². The number of nitrogens with zero attached hydrogens (tertiary/aromatic N) is 1. The maximum absolute atomic E-state index is 3.58. The van der Waals surface area contributed by atoms with Crippen molar-refractivity contribution in [3.63, 3.8) is 0 Å². The van der Waals surface area contributed by atoms with Crippen LogP contribution in [0.15, 0.2) is 48.5 Å². The van der Waals surface area contributed by atoms with Gasteiger partial charge in [-0.15, -0.1) is 0 Å². The van der Waals surface area contributed by atoms with E-state index in [0.717, 1.165) is 13.0 Å². The molecule has 21 heavy (non-hydrogen) atoms. The molecule has 1 N–H and O–H groups in total. The average Bonchev–Trinajstić information content (AvgIpc) is 2.52. The number of benzene rings is 2. The van der Waals surface area contributed by atoms with Crippen molar-refractivity contribution in [3.05, 3.63) is 59.7 Å². The lowest BCUT2D eigenvalue weighted by molar-refractivity contribution is 0.538. The van der Waals surface area contributed by atoms with E-state index in [2.05, 4.69) is 86.6 Å². The molecule has 0 spiro atoms. The molecule has 0 aliphatic rings. The summed E-state index contributed by atoms with van der Waals surface area (Å²) in [6.45, 7) is 7.55. The van der Waals surface area contributed by atoms with Crippen molar-refractivity contribution in [1.29, 1.82) is 0 Å². The van der Waals surface area contributed by atoms with Crippen LogP contribution >= 0.6 is 0 Å². The highest BCUT2D eigenvalue weighted by Gasteiger charge is 2.16. The van der Waals surface area contributed by atoms with Crippen molar-refractivity contribution in [2.24, 2.45) is 0 Å². The van der Waals surface area contributed by atoms with Crippen molar-refractivity contribution >= 4 is 11.4 Å². The summed E-state index contributed by atoms with van der Waals surface area (Å²) < 4.78 is 0. The first-order chi connectivity index (χ1) is 10.2.